The average molecular weight is 156 g/mol. The summed E-state index contributed by atoms with van der Waals surface area (Å²) in [5.74, 6) is -0.480. The SMILES string of the molecule is CC(C([NH])=O)N1CCNCC1. The zero-order valence-corrected chi connectivity index (χ0v) is 6.76. The number of hydrogen-bond acceptors (Lipinski definition) is 3. The molecule has 1 heterocycles. The summed E-state index contributed by atoms with van der Waals surface area (Å²) in [7, 11) is 0. The van der Waals surface area contributed by atoms with Crippen molar-refractivity contribution in [3.8, 4) is 0 Å². The fourth-order valence-corrected chi connectivity index (χ4v) is 1.24. The number of carbonyl (C=O) groups is 1. The van der Waals surface area contributed by atoms with E-state index >= 15 is 0 Å². The Labute approximate surface area is 66.7 Å². The van der Waals surface area contributed by atoms with Crippen molar-refractivity contribution in [3.05, 3.63) is 0 Å². The van der Waals surface area contributed by atoms with Crippen LogP contribution >= 0.6 is 0 Å². The smallest absolute Gasteiger partial charge is 0.255 e. The van der Waals surface area contributed by atoms with E-state index in [0.717, 1.165) is 26.2 Å². The van der Waals surface area contributed by atoms with Crippen molar-refractivity contribution in [2.45, 2.75) is 13.0 Å². The molecule has 1 rings (SSSR count). The van der Waals surface area contributed by atoms with Gasteiger partial charge >= 0.3 is 0 Å². The second-order valence-corrected chi connectivity index (χ2v) is 2.83. The molecular weight excluding hydrogens is 142 g/mol. The second kappa shape index (κ2) is 3.69. The maximum Gasteiger partial charge on any atom is 0.255 e. The Bertz CT molecular complexity index is 143. The number of carbonyl (C=O) groups excluding carboxylic acids is 1. The van der Waals surface area contributed by atoms with Crippen molar-refractivity contribution < 1.29 is 4.79 Å². The molecule has 4 heteroatoms. The summed E-state index contributed by atoms with van der Waals surface area (Å²) >= 11 is 0. The van der Waals surface area contributed by atoms with E-state index in [0.29, 0.717) is 0 Å². The van der Waals surface area contributed by atoms with Crippen LogP contribution in [0.2, 0.25) is 0 Å². The van der Waals surface area contributed by atoms with E-state index in [1.54, 1.807) is 6.92 Å². The van der Waals surface area contributed by atoms with Crippen LogP contribution in [0.3, 0.4) is 0 Å². The van der Waals surface area contributed by atoms with Crippen LogP contribution in [0.1, 0.15) is 6.92 Å². The number of nitrogens with one attached hydrogen (secondary N) is 2. The Hall–Kier alpha value is -0.610. The molecule has 0 aliphatic carbocycles. The van der Waals surface area contributed by atoms with Gasteiger partial charge < -0.3 is 5.32 Å². The fourth-order valence-electron chi connectivity index (χ4n) is 1.24. The highest BCUT2D eigenvalue weighted by atomic mass is 16.1. The maximum absolute atomic E-state index is 10.6. The Morgan fingerprint density at radius 1 is 1.55 bits per heavy atom. The predicted molar refractivity (Wildman–Crippen MR) is 42.0 cm³/mol. The van der Waals surface area contributed by atoms with E-state index in [9.17, 15) is 4.79 Å². The highest BCUT2D eigenvalue weighted by Crippen LogP contribution is 1.99. The zero-order chi connectivity index (χ0) is 8.27. The molecule has 0 spiro atoms. The summed E-state index contributed by atoms with van der Waals surface area (Å²) in [6, 6.07) is -0.225. The Morgan fingerprint density at radius 3 is 2.55 bits per heavy atom. The molecule has 0 aromatic carbocycles. The van der Waals surface area contributed by atoms with E-state index in [-0.39, 0.29) is 6.04 Å². The standard InChI is InChI=1S/C7H14N3O/c1-6(7(8)11)10-4-2-9-3-5-10/h6,8-9H,2-5H2,1H3. The fraction of sp³-hybridized carbons (Fsp3) is 0.857. The second-order valence-electron chi connectivity index (χ2n) is 2.83. The number of nitrogens with zero attached hydrogens (tertiary/aromatic N) is 1. The van der Waals surface area contributed by atoms with E-state index in [2.05, 4.69) is 5.32 Å². The monoisotopic (exact) mass is 156 g/mol. The summed E-state index contributed by atoms with van der Waals surface area (Å²) < 4.78 is 0. The first kappa shape index (κ1) is 8.49. The minimum atomic E-state index is -0.480. The van der Waals surface area contributed by atoms with Gasteiger partial charge in [-0.2, -0.15) is 0 Å². The third-order valence-corrected chi connectivity index (χ3v) is 2.08. The number of amides is 1. The van der Waals surface area contributed by atoms with Gasteiger partial charge in [0.2, 0.25) is 0 Å². The third-order valence-electron chi connectivity index (χ3n) is 2.08. The Kier molecular flexibility index (Phi) is 2.84. The molecule has 1 saturated heterocycles. The van der Waals surface area contributed by atoms with Gasteiger partial charge in [0, 0.05) is 26.2 Å². The molecule has 1 unspecified atom stereocenters. The van der Waals surface area contributed by atoms with Crippen molar-refractivity contribution in [2.75, 3.05) is 26.2 Å². The van der Waals surface area contributed by atoms with Crippen LogP contribution in [0.25, 0.3) is 0 Å². The van der Waals surface area contributed by atoms with Crippen LogP contribution in [-0.4, -0.2) is 43.0 Å². The number of hydrogen-bond donors (Lipinski definition) is 1. The molecule has 1 atom stereocenters. The molecule has 1 aliphatic rings. The van der Waals surface area contributed by atoms with Crippen LogP contribution in [0.5, 0.6) is 0 Å². The molecule has 11 heavy (non-hydrogen) atoms. The van der Waals surface area contributed by atoms with Crippen molar-refractivity contribution in [1.29, 1.82) is 0 Å². The minimum Gasteiger partial charge on any atom is -0.314 e. The van der Waals surface area contributed by atoms with Gasteiger partial charge in [-0.1, -0.05) is 0 Å². The van der Waals surface area contributed by atoms with Crippen molar-refractivity contribution in [2.24, 2.45) is 0 Å². The lowest BCUT2D eigenvalue weighted by atomic mass is 10.2. The van der Waals surface area contributed by atoms with Crippen molar-refractivity contribution in [1.82, 2.24) is 16.0 Å². The van der Waals surface area contributed by atoms with E-state index in [4.69, 9.17) is 5.73 Å². The molecule has 1 radical (unpaired) electrons. The molecule has 0 aromatic heterocycles. The summed E-state index contributed by atoms with van der Waals surface area (Å²) in [6.07, 6.45) is 0. The van der Waals surface area contributed by atoms with Gasteiger partial charge in [0.25, 0.3) is 5.91 Å². The molecule has 63 valence electrons. The van der Waals surface area contributed by atoms with Crippen LogP contribution in [0.4, 0.5) is 0 Å². The minimum absolute atomic E-state index is 0.225. The highest BCUT2D eigenvalue weighted by Gasteiger charge is 2.20. The average Bonchev–Trinajstić information content (AvgIpc) is 2.05. The first-order valence-electron chi connectivity index (χ1n) is 3.92. The zero-order valence-electron chi connectivity index (χ0n) is 6.76. The summed E-state index contributed by atoms with van der Waals surface area (Å²) in [4.78, 5) is 12.7. The van der Waals surface area contributed by atoms with Crippen LogP contribution < -0.4 is 11.1 Å². The molecule has 0 aromatic rings. The summed E-state index contributed by atoms with van der Waals surface area (Å²) in [5, 5.41) is 3.19. The highest BCUT2D eigenvalue weighted by molar-refractivity contribution is 5.78. The Balaban J connectivity index is 2.38. The maximum atomic E-state index is 10.6. The van der Waals surface area contributed by atoms with Gasteiger partial charge in [-0.05, 0) is 6.92 Å². The van der Waals surface area contributed by atoms with E-state index in [1.165, 1.54) is 0 Å². The van der Waals surface area contributed by atoms with Crippen LogP contribution in [0.15, 0.2) is 0 Å². The van der Waals surface area contributed by atoms with Crippen LogP contribution in [-0.2, 0) is 4.79 Å². The topological polar surface area (TPSA) is 56.1 Å². The predicted octanol–water partition coefficient (Wildman–Crippen LogP) is -0.910. The van der Waals surface area contributed by atoms with Gasteiger partial charge in [-0.25, -0.2) is 0 Å². The molecule has 1 aliphatic heterocycles. The molecule has 1 amide bonds. The van der Waals surface area contributed by atoms with Crippen LogP contribution in [0, 0.1) is 0 Å². The molecule has 2 N–H and O–H groups in total. The molecule has 4 nitrogen and oxygen atoms in total. The lowest BCUT2D eigenvalue weighted by Gasteiger charge is -2.30. The van der Waals surface area contributed by atoms with Gasteiger partial charge in [-0.15, -0.1) is 0 Å². The summed E-state index contributed by atoms with van der Waals surface area (Å²) in [6.45, 7) is 5.41. The van der Waals surface area contributed by atoms with Gasteiger partial charge in [0.15, 0.2) is 0 Å². The van der Waals surface area contributed by atoms with Gasteiger partial charge in [-0.3, -0.25) is 15.4 Å². The first-order valence-corrected chi connectivity index (χ1v) is 3.92. The van der Waals surface area contributed by atoms with E-state index < -0.39 is 5.91 Å². The quantitative estimate of drug-likeness (QED) is 0.563. The number of rotatable bonds is 2. The molecular formula is C7H14N3O. The lowest BCUT2D eigenvalue weighted by Crippen LogP contribution is -2.50. The van der Waals surface area contributed by atoms with Crippen molar-refractivity contribution in [3.63, 3.8) is 0 Å². The Morgan fingerprint density at radius 2 is 2.09 bits per heavy atom. The van der Waals surface area contributed by atoms with Gasteiger partial charge in [0.1, 0.15) is 0 Å². The first-order chi connectivity index (χ1) is 5.22. The molecule has 1 fully saturated rings. The third kappa shape index (κ3) is 2.17. The largest absolute Gasteiger partial charge is 0.314 e. The lowest BCUT2D eigenvalue weighted by molar-refractivity contribution is -0.123. The van der Waals surface area contributed by atoms with E-state index in [1.807, 2.05) is 4.90 Å². The van der Waals surface area contributed by atoms with Gasteiger partial charge in [0.05, 0.1) is 6.04 Å². The molecule has 0 saturated carbocycles. The summed E-state index contributed by atoms with van der Waals surface area (Å²) in [5.41, 5.74) is 6.92. The normalized spacial score (nSPS) is 23.0. The number of piperazine rings is 1. The molecule has 0 bridgehead atoms. The van der Waals surface area contributed by atoms with Crippen molar-refractivity contribution >= 4 is 5.91 Å².